The highest BCUT2D eigenvalue weighted by Gasteiger charge is 2.38. The van der Waals surface area contributed by atoms with Crippen LogP contribution in [0.15, 0.2) is 48.8 Å². The molecule has 1 fully saturated rings. The van der Waals surface area contributed by atoms with Crippen molar-refractivity contribution in [2.75, 3.05) is 18.5 Å². The maximum atomic E-state index is 12.2. The molecule has 2 aromatic rings. The molecule has 0 bridgehead atoms. The fourth-order valence-electron chi connectivity index (χ4n) is 2.27. The van der Waals surface area contributed by atoms with Crippen LogP contribution in [0.5, 0.6) is 0 Å². The maximum Gasteiger partial charge on any atom is 0.246 e. The van der Waals surface area contributed by atoms with Crippen LogP contribution < -0.4 is 11.1 Å². The van der Waals surface area contributed by atoms with E-state index in [0.717, 1.165) is 11.4 Å². The standard InChI is InChI=1S/C15H17N3O2/c16-15(6-9-20-11-15)14(19)17-12-4-3-5-13(10-12)18-7-1-2-8-18/h1-5,7-8,10H,6,9,11,16H2,(H,17,19). The Balaban J connectivity index is 1.78. The van der Waals surface area contributed by atoms with E-state index in [4.69, 9.17) is 10.5 Å². The van der Waals surface area contributed by atoms with Gasteiger partial charge in [0.05, 0.1) is 6.61 Å². The lowest BCUT2D eigenvalue weighted by molar-refractivity contribution is -0.121. The van der Waals surface area contributed by atoms with Crippen molar-refractivity contribution in [1.82, 2.24) is 4.57 Å². The molecule has 2 heterocycles. The van der Waals surface area contributed by atoms with Crippen LogP contribution in [0.4, 0.5) is 5.69 Å². The predicted octanol–water partition coefficient (Wildman–Crippen LogP) is 1.53. The number of carbonyl (C=O) groups is 1. The largest absolute Gasteiger partial charge is 0.379 e. The molecule has 3 rings (SSSR count). The molecule has 0 spiro atoms. The van der Waals surface area contributed by atoms with Crippen molar-refractivity contribution in [2.24, 2.45) is 5.73 Å². The van der Waals surface area contributed by atoms with Gasteiger partial charge in [0.1, 0.15) is 5.54 Å². The Kier molecular flexibility index (Phi) is 3.30. The predicted molar refractivity (Wildman–Crippen MR) is 76.8 cm³/mol. The van der Waals surface area contributed by atoms with Crippen LogP contribution in [0.1, 0.15) is 6.42 Å². The summed E-state index contributed by atoms with van der Waals surface area (Å²) in [5.74, 6) is -0.195. The number of nitrogens with one attached hydrogen (secondary N) is 1. The van der Waals surface area contributed by atoms with Crippen LogP contribution in [0.3, 0.4) is 0 Å². The maximum absolute atomic E-state index is 12.2. The van der Waals surface area contributed by atoms with E-state index in [2.05, 4.69) is 5.32 Å². The van der Waals surface area contributed by atoms with Gasteiger partial charge in [-0.1, -0.05) is 6.07 Å². The molecule has 1 aromatic heterocycles. The summed E-state index contributed by atoms with van der Waals surface area (Å²) in [4.78, 5) is 12.2. The highest BCUT2D eigenvalue weighted by Crippen LogP contribution is 2.20. The molecule has 20 heavy (non-hydrogen) atoms. The van der Waals surface area contributed by atoms with Gasteiger partial charge < -0.3 is 20.4 Å². The van der Waals surface area contributed by atoms with Gasteiger partial charge in [0.2, 0.25) is 5.91 Å². The topological polar surface area (TPSA) is 69.3 Å². The minimum Gasteiger partial charge on any atom is -0.379 e. The molecule has 0 aliphatic carbocycles. The van der Waals surface area contributed by atoms with E-state index in [1.165, 1.54) is 0 Å². The minimum atomic E-state index is -0.913. The van der Waals surface area contributed by atoms with E-state index in [1.54, 1.807) is 0 Å². The summed E-state index contributed by atoms with van der Waals surface area (Å²) in [7, 11) is 0. The highest BCUT2D eigenvalue weighted by atomic mass is 16.5. The van der Waals surface area contributed by atoms with Gasteiger partial charge in [-0.05, 0) is 36.8 Å². The average Bonchev–Trinajstić information content (AvgIpc) is 3.11. The Labute approximate surface area is 117 Å². The van der Waals surface area contributed by atoms with E-state index in [9.17, 15) is 4.79 Å². The monoisotopic (exact) mass is 271 g/mol. The van der Waals surface area contributed by atoms with Gasteiger partial charge in [-0.2, -0.15) is 0 Å². The first-order valence-electron chi connectivity index (χ1n) is 6.59. The molecule has 5 nitrogen and oxygen atoms in total. The Morgan fingerprint density at radius 3 is 2.80 bits per heavy atom. The van der Waals surface area contributed by atoms with E-state index >= 15 is 0 Å². The van der Waals surface area contributed by atoms with Gasteiger partial charge in [-0.25, -0.2) is 0 Å². The summed E-state index contributed by atoms with van der Waals surface area (Å²) < 4.78 is 7.19. The Morgan fingerprint density at radius 2 is 2.10 bits per heavy atom. The van der Waals surface area contributed by atoms with Crippen molar-refractivity contribution >= 4 is 11.6 Å². The van der Waals surface area contributed by atoms with Crippen LogP contribution in [-0.4, -0.2) is 29.2 Å². The summed E-state index contributed by atoms with van der Waals surface area (Å²) in [6, 6.07) is 11.6. The van der Waals surface area contributed by atoms with Gasteiger partial charge in [-0.15, -0.1) is 0 Å². The SMILES string of the molecule is NC1(C(=O)Nc2cccc(-n3cccc3)c2)CCOC1. The third kappa shape index (κ3) is 2.45. The van der Waals surface area contributed by atoms with Gasteiger partial charge >= 0.3 is 0 Å². The fraction of sp³-hybridized carbons (Fsp3) is 0.267. The Bertz CT molecular complexity index is 601. The molecule has 1 saturated heterocycles. The fourth-order valence-corrected chi connectivity index (χ4v) is 2.27. The molecule has 1 amide bonds. The number of ether oxygens (including phenoxy) is 1. The van der Waals surface area contributed by atoms with E-state index in [0.29, 0.717) is 13.0 Å². The van der Waals surface area contributed by atoms with Crippen molar-refractivity contribution in [3.63, 3.8) is 0 Å². The Morgan fingerprint density at radius 1 is 1.30 bits per heavy atom. The first-order valence-corrected chi connectivity index (χ1v) is 6.59. The third-order valence-electron chi connectivity index (χ3n) is 3.51. The molecule has 3 N–H and O–H groups in total. The molecular formula is C15H17N3O2. The number of amides is 1. The quantitative estimate of drug-likeness (QED) is 0.889. The second-order valence-corrected chi connectivity index (χ2v) is 5.05. The summed E-state index contributed by atoms with van der Waals surface area (Å²) in [6.45, 7) is 0.809. The summed E-state index contributed by atoms with van der Waals surface area (Å²) in [5, 5.41) is 2.87. The molecule has 1 aliphatic heterocycles. The number of hydrogen-bond acceptors (Lipinski definition) is 3. The number of anilines is 1. The smallest absolute Gasteiger partial charge is 0.246 e. The lowest BCUT2D eigenvalue weighted by atomic mass is 9.99. The van der Waals surface area contributed by atoms with Crippen molar-refractivity contribution in [3.8, 4) is 5.69 Å². The molecule has 1 unspecified atom stereocenters. The zero-order valence-electron chi connectivity index (χ0n) is 11.1. The number of nitrogens with two attached hydrogens (primary N) is 1. The van der Waals surface area contributed by atoms with E-state index in [1.807, 2.05) is 53.4 Å². The second-order valence-electron chi connectivity index (χ2n) is 5.05. The van der Waals surface area contributed by atoms with Gasteiger partial charge in [-0.3, -0.25) is 4.79 Å². The average molecular weight is 271 g/mol. The summed E-state index contributed by atoms with van der Waals surface area (Å²) >= 11 is 0. The van der Waals surface area contributed by atoms with E-state index in [-0.39, 0.29) is 12.5 Å². The molecule has 1 aliphatic rings. The van der Waals surface area contributed by atoms with Crippen molar-refractivity contribution in [2.45, 2.75) is 12.0 Å². The van der Waals surface area contributed by atoms with Crippen molar-refractivity contribution in [3.05, 3.63) is 48.8 Å². The third-order valence-corrected chi connectivity index (χ3v) is 3.51. The first kappa shape index (κ1) is 12.9. The van der Waals surface area contributed by atoms with Crippen LogP contribution >= 0.6 is 0 Å². The highest BCUT2D eigenvalue weighted by molar-refractivity contribution is 5.98. The zero-order chi connectivity index (χ0) is 14.0. The molecule has 1 aromatic carbocycles. The van der Waals surface area contributed by atoms with Gasteiger partial charge in [0.25, 0.3) is 0 Å². The number of carbonyl (C=O) groups excluding carboxylic acids is 1. The Hall–Kier alpha value is -2.11. The van der Waals surface area contributed by atoms with Crippen molar-refractivity contribution < 1.29 is 9.53 Å². The second kappa shape index (κ2) is 5.11. The number of nitrogens with zero attached hydrogens (tertiary/aromatic N) is 1. The minimum absolute atomic E-state index is 0.195. The number of aromatic nitrogens is 1. The van der Waals surface area contributed by atoms with Crippen LogP contribution in [0.25, 0.3) is 5.69 Å². The van der Waals surface area contributed by atoms with Crippen LogP contribution in [-0.2, 0) is 9.53 Å². The van der Waals surface area contributed by atoms with Crippen molar-refractivity contribution in [1.29, 1.82) is 0 Å². The van der Waals surface area contributed by atoms with Gasteiger partial charge in [0, 0.05) is 30.4 Å². The summed E-state index contributed by atoms with van der Waals surface area (Å²) in [5.41, 5.74) is 6.85. The number of benzene rings is 1. The molecular weight excluding hydrogens is 254 g/mol. The van der Waals surface area contributed by atoms with Crippen LogP contribution in [0, 0.1) is 0 Å². The molecule has 104 valence electrons. The molecule has 1 atom stereocenters. The zero-order valence-corrected chi connectivity index (χ0v) is 11.1. The van der Waals surface area contributed by atoms with E-state index < -0.39 is 5.54 Å². The molecule has 0 saturated carbocycles. The lowest BCUT2D eigenvalue weighted by Crippen LogP contribution is -2.51. The lowest BCUT2D eigenvalue weighted by Gasteiger charge is -2.20. The normalized spacial score (nSPS) is 21.9. The first-order chi connectivity index (χ1) is 9.67. The number of rotatable bonds is 3. The number of hydrogen-bond donors (Lipinski definition) is 2. The summed E-state index contributed by atoms with van der Waals surface area (Å²) in [6.07, 6.45) is 4.46. The molecule has 0 radical (unpaired) electrons. The molecule has 5 heteroatoms. The van der Waals surface area contributed by atoms with Gasteiger partial charge in [0.15, 0.2) is 0 Å². The van der Waals surface area contributed by atoms with Crippen LogP contribution in [0.2, 0.25) is 0 Å².